The second-order valence-corrected chi connectivity index (χ2v) is 5.56. The molecule has 0 N–H and O–H groups in total. The zero-order chi connectivity index (χ0) is 11.0. The zero-order valence-corrected chi connectivity index (χ0v) is 9.71. The summed E-state index contributed by atoms with van der Waals surface area (Å²) in [6.07, 6.45) is 0.292. The highest BCUT2D eigenvalue weighted by Gasteiger charge is 2.59. The molecule has 1 fully saturated rings. The van der Waals surface area contributed by atoms with Crippen molar-refractivity contribution in [2.75, 3.05) is 0 Å². The van der Waals surface area contributed by atoms with Crippen molar-refractivity contribution in [2.24, 2.45) is 13.0 Å². The largest absolute Gasteiger partial charge is 0.271 e. The van der Waals surface area contributed by atoms with Gasteiger partial charge >= 0.3 is 0 Å². The van der Waals surface area contributed by atoms with Crippen molar-refractivity contribution >= 4 is 0 Å². The summed E-state index contributed by atoms with van der Waals surface area (Å²) in [5.74, 6) is 1.33. The summed E-state index contributed by atoms with van der Waals surface area (Å²) in [7, 11) is 1.94. The Bertz CT molecular complexity index is 431. The molecule has 1 saturated carbocycles. The van der Waals surface area contributed by atoms with Gasteiger partial charge in [0.15, 0.2) is 0 Å². The molecule has 0 bridgehead atoms. The van der Waals surface area contributed by atoms with Crippen LogP contribution in [0, 0.1) is 5.92 Å². The molecule has 2 nitrogen and oxygen atoms in total. The molecule has 1 aromatic heterocycles. The number of aryl methyl sites for hydroxylation is 1. The van der Waals surface area contributed by atoms with E-state index in [1.54, 1.807) is 6.92 Å². The van der Waals surface area contributed by atoms with Gasteiger partial charge in [0.05, 0.1) is 0 Å². The van der Waals surface area contributed by atoms with Gasteiger partial charge in [0, 0.05) is 23.7 Å². The second-order valence-electron chi connectivity index (χ2n) is 5.56. The zero-order valence-electron chi connectivity index (χ0n) is 9.71. The molecule has 15 heavy (non-hydrogen) atoms. The summed E-state index contributed by atoms with van der Waals surface area (Å²) in [6, 6.07) is 0. The Balaban J connectivity index is 2.23. The molecule has 3 heteroatoms. The van der Waals surface area contributed by atoms with Crippen LogP contribution in [0.15, 0.2) is 0 Å². The summed E-state index contributed by atoms with van der Waals surface area (Å²) >= 11 is 0. The number of hydrogen-bond acceptors (Lipinski definition) is 1. The maximum absolute atomic E-state index is 13.5. The molecule has 1 aromatic rings. The minimum Gasteiger partial charge on any atom is -0.271 e. The van der Waals surface area contributed by atoms with Gasteiger partial charge in [0.25, 0.3) is 0 Å². The Hall–Kier alpha value is -0.860. The van der Waals surface area contributed by atoms with Crippen LogP contribution in [0.5, 0.6) is 0 Å². The summed E-state index contributed by atoms with van der Waals surface area (Å²) in [6.45, 7) is 6.11. The maximum atomic E-state index is 13.5. The lowest BCUT2D eigenvalue weighted by molar-refractivity contribution is 0.359. The quantitative estimate of drug-likeness (QED) is 0.694. The van der Waals surface area contributed by atoms with Crippen LogP contribution < -0.4 is 0 Å². The number of rotatable bonds is 1. The van der Waals surface area contributed by atoms with Gasteiger partial charge in [-0.15, -0.1) is 0 Å². The van der Waals surface area contributed by atoms with Gasteiger partial charge in [-0.3, -0.25) is 4.68 Å². The van der Waals surface area contributed by atoms with Crippen LogP contribution in [0.3, 0.4) is 0 Å². The van der Waals surface area contributed by atoms with E-state index in [0.717, 1.165) is 5.92 Å². The molecular formula is C12H17FN2. The van der Waals surface area contributed by atoms with Crippen molar-refractivity contribution in [1.82, 2.24) is 9.78 Å². The Labute approximate surface area is 89.5 Å². The van der Waals surface area contributed by atoms with E-state index in [9.17, 15) is 4.39 Å². The van der Waals surface area contributed by atoms with Crippen LogP contribution in [0.25, 0.3) is 0 Å². The highest BCUT2D eigenvalue weighted by Crippen LogP contribution is 2.66. The first-order chi connectivity index (χ1) is 6.94. The lowest BCUT2D eigenvalue weighted by Crippen LogP contribution is -2.21. The summed E-state index contributed by atoms with van der Waals surface area (Å²) in [4.78, 5) is 0. The maximum Gasteiger partial charge on any atom is 0.141 e. The fourth-order valence-corrected chi connectivity index (χ4v) is 3.47. The van der Waals surface area contributed by atoms with E-state index in [2.05, 4.69) is 18.9 Å². The topological polar surface area (TPSA) is 17.8 Å². The molecular weight excluding hydrogens is 191 g/mol. The van der Waals surface area contributed by atoms with E-state index in [4.69, 9.17) is 0 Å². The summed E-state index contributed by atoms with van der Waals surface area (Å²) in [5, 5.41) is 4.35. The fraction of sp³-hybridized carbons (Fsp3) is 0.750. The SMILES string of the molecule is CC(F)c1nn(C)c2c1[C@H]1C[C@H]1C2(C)C. The van der Waals surface area contributed by atoms with Crippen molar-refractivity contribution in [1.29, 1.82) is 0 Å². The van der Waals surface area contributed by atoms with E-state index in [1.165, 1.54) is 17.7 Å². The molecule has 0 amide bonds. The number of halogens is 1. The third-order valence-electron chi connectivity index (χ3n) is 4.19. The smallest absolute Gasteiger partial charge is 0.141 e. The van der Waals surface area contributed by atoms with Gasteiger partial charge in [-0.05, 0) is 25.2 Å². The molecule has 0 radical (unpaired) electrons. The minimum absolute atomic E-state index is 0.189. The van der Waals surface area contributed by atoms with Crippen LogP contribution in [0.4, 0.5) is 4.39 Å². The second kappa shape index (κ2) is 2.45. The molecule has 0 aromatic carbocycles. The summed E-state index contributed by atoms with van der Waals surface area (Å²) < 4.78 is 15.4. The average Bonchev–Trinajstić information content (AvgIpc) is 2.78. The van der Waals surface area contributed by atoms with Gasteiger partial charge in [0.1, 0.15) is 11.9 Å². The van der Waals surface area contributed by atoms with Gasteiger partial charge in [-0.1, -0.05) is 13.8 Å². The number of aromatic nitrogens is 2. The Morgan fingerprint density at radius 1 is 1.53 bits per heavy atom. The van der Waals surface area contributed by atoms with Crippen molar-refractivity contribution in [2.45, 2.75) is 44.7 Å². The van der Waals surface area contributed by atoms with Crippen LogP contribution in [-0.4, -0.2) is 9.78 Å². The van der Waals surface area contributed by atoms with Crippen LogP contribution in [0.2, 0.25) is 0 Å². The Morgan fingerprint density at radius 3 is 2.80 bits per heavy atom. The lowest BCUT2D eigenvalue weighted by atomic mass is 9.86. The number of fused-ring (bicyclic) bond motifs is 3. The van der Waals surface area contributed by atoms with E-state index in [-0.39, 0.29) is 5.41 Å². The number of alkyl halides is 1. The van der Waals surface area contributed by atoms with Crippen molar-refractivity contribution in [3.8, 4) is 0 Å². The molecule has 0 spiro atoms. The molecule has 2 aliphatic carbocycles. The molecule has 0 saturated heterocycles. The predicted octanol–water partition coefficient (Wildman–Crippen LogP) is 2.85. The fourth-order valence-electron chi connectivity index (χ4n) is 3.47. The van der Waals surface area contributed by atoms with Crippen molar-refractivity contribution in [3.05, 3.63) is 17.0 Å². The lowest BCUT2D eigenvalue weighted by Gasteiger charge is -2.21. The van der Waals surface area contributed by atoms with E-state index in [0.29, 0.717) is 11.6 Å². The Morgan fingerprint density at radius 2 is 2.20 bits per heavy atom. The predicted molar refractivity (Wildman–Crippen MR) is 56.6 cm³/mol. The third kappa shape index (κ3) is 0.963. The normalized spacial score (nSPS) is 32.3. The molecule has 0 aliphatic heterocycles. The van der Waals surface area contributed by atoms with Crippen LogP contribution >= 0.6 is 0 Å². The standard InChI is InChI=1S/C12H17FN2/c1-6(13)10-9-7-5-8(7)12(2,3)11(9)15(4)14-10/h6-8H,5H2,1-4H3/t6?,7-,8+/m0/s1. The van der Waals surface area contributed by atoms with E-state index < -0.39 is 6.17 Å². The van der Waals surface area contributed by atoms with Gasteiger partial charge < -0.3 is 0 Å². The first-order valence-corrected chi connectivity index (χ1v) is 5.66. The monoisotopic (exact) mass is 208 g/mol. The third-order valence-corrected chi connectivity index (χ3v) is 4.19. The highest BCUT2D eigenvalue weighted by atomic mass is 19.1. The number of nitrogens with zero attached hydrogens (tertiary/aromatic N) is 2. The summed E-state index contributed by atoms with van der Waals surface area (Å²) in [5.41, 5.74) is 3.37. The highest BCUT2D eigenvalue weighted by molar-refractivity contribution is 5.48. The Kier molecular flexibility index (Phi) is 1.53. The first-order valence-electron chi connectivity index (χ1n) is 5.66. The van der Waals surface area contributed by atoms with Gasteiger partial charge in [0.2, 0.25) is 0 Å². The van der Waals surface area contributed by atoms with Crippen LogP contribution in [-0.2, 0) is 12.5 Å². The number of hydrogen-bond donors (Lipinski definition) is 0. The van der Waals surface area contributed by atoms with Crippen molar-refractivity contribution < 1.29 is 4.39 Å². The van der Waals surface area contributed by atoms with Gasteiger partial charge in [-0.2, -0.15) is 5.10 Å². The minimum atomic E-state index is -0.935. The molecule has 1 heterocycles. The van der Waals surface area contributed by atoms with Crippen LogP contribution in [0.1, 0.15) is 56.2 Å². The van der Waals surface area contributed by atoms with E-state index >= 15 is 0 Å². The van der Waals surface area contributed by atoms with Gasteiger partial charge in [-0.25, -0.2) is 4.39 Å². The molecule has 82 valence electrons. The first kappa shape index (κ1) is 9.37. The van der Waals surface area contributed by atoms with E-state index in [1.807, 2.05) is 11.7 Å². The molecule has 3 rings (SSSR count). The molecule has 3 atom stereocenters. The molecule has 1 unspecified atom stereocenters. The van der Waals surface area contributed by atoms with Crippen molar-refractivity contribution in [3.63, 3.8) is 0 Å². The molecule has 2 aliphatic rings. The average molecular weight is 208 g/mol.